The maximum atomic E-state index is 13.7. The molecule has 1 aliphatic heterocycles. The Hall–Kier alpha value is -0.300. The largest absolute Gasteiger partial charge is 0.375 e. The monoisotopic (exact) mass is 363 g/mol. The third-order valence-corrected chi connectivity index (χ3v) is 5.31. The highest BCUT2D eigenvalue weighted by Gasteiger charge is 2.36. The molecule has 0 radical (unpaired) electrons. The van der Waals surface area contributed by atoms with Crippen LogP contribution in [0.5, 0.6) is 0 Å². The maximum absolute atomic E-state index is 13.7. The molecule has 148 valence electrons. The Morgan fingerprint density at radius 1 is 0.960 bits per heavy atom. The first-order valence-electron chi connectivity index (χ1n) is 9.69. The Morgan fingerprint density at radius 2 is 1.64 bits per heavy atom. The number of halogens is 2. The van der Waals surface area contributed by atoms with Crippen molar-refractivity contribution in [2.75, 3.05) is 39.5 Å². The zero-order valence-electron chi connectivity index (χ0n) is 16.2. The van der Waals surface area contributed by atoms with Crippen molar-refractivity contribution >= 4 is 0 Å². The van der Waals surface area contributed by atoms with Crippen molar-refractivity contribution in [2.45, 2.75) is 71.1 Å². The first-order valence-corrected chi connectivity index (χ1v) is 9.69. The van der Waals surface area contributed by atoms with Crippen LogP contribution >= 0.6 is 0 Å². The normalized spacial score (nSPS) is 25.4. The highest BCUT2D eigenvalue weighted by molar-refractivity contribution is 4.83. The van der Waals surface area contributed by atoms with E-state index in [1.807, 2.05) is 0 Å². The molecule has 6 heteroatoms. The maximum Gasteiger partial charge on any atom is 0.293 e. The zero-order chi connectivity index (χ0) is 18.4. The first-order chi connectivity index (χ1) is 11.8. The van der Waals surface area contributed by atoms with Crippen molar-refractivity contribution < 1.29 is 23.0 Å². The van der Waals surface area contributed by atoms with Crippen molar-refractivity contribution in [3.63, 3.8) is 0 Å². The summed E-state index contributed by atoms with van der Waals surface area (Å²) in [6.07, 6.45) is 2.74. The molecule has 4 nitrogen and oxygen atoms in total. The van der Waals surface area contributed by atoms with Gasteiger partial charge in [-0.1, -0.05) is 13.8 Å². The van der Waals surface area contributed by atoms with Gasteiger partial charge in [-0.3, -0.25) is 4.90 Å². The van der Waals surface area contributed by atoms with Gasteiger partial charge in [-0.05, 0) is 44.9 Å². The van der Waals surface area contributed by atoms with Crippen LogP contribution in [0.4, 0.5) is 8.78 Å². The predicted molar refractivity (Wildman–Crippen MR) is 94.1 cm³/mol. The molecule has 1 aliphatic carbocycles. The van der Waals surface area contributed by atoms with Gasteiger partial charge in [0.25, 0.3) is 5.92 Å². The van der Waals surface area contributed by atoms with Gasteiger partial charge in [0.05, 0.1) is 12.2 Å². The summed E-state index contributed by atoms with van der Waals surface area (Å²) in [6, 6.07) is 0.559. The minimum Gasteiger partial charge on any atom is -0.375 e. The molecule has 1 heterocycles. The van der Waals surface area contributed by atoms with Gasteiger partial charge in [0.15, 0.2) is 0 Å². The summed E-state index contributed by atoms with van der Waals surface area (Å²) in [5, 5.41) is 0. The standard InChI is InChI=1S/C19H35F2NO3/c1-14(2)16-8-17(9-16)25-13-19(20,21)12-23-6-5-7-24-18-10-22(11-18)15(3)4/h14-18H,5-13H2,1-4H3. The molecule has 2 fully saturated rings. The Labute approximate surface area is 151 Å². The van der Waals surface area contributed by atoms with Gasteiger partial charge in [-0.2, -0.15) is 0 Å². The highest BCUT2D eigenvalue weighted by atomic mass is 19.3. The third kappa shape index (κ3) is 7.08. The van der Waals surface area contributed by atoms with E-state index in [4.69, 9.17) is 14.2 Å². The smallest absolute Gasteiger partial charge is 0.293 e. The van der Waals surface area contributed by atoms with E-state index in [2.05, 4.69) is 32.6 Å². The molecule has 0 atom stereocenters. The average Bonchev–Trinajstić information content (AvgIpc) is 2.41. The lowest BCUT2D eigenvalue weighted by molar-refractivity contribution is -0.157. The van der Waals surface area contributed by atoms with Crippen LogP contribution < -0.4 is 0 Å². The van der Waals surface area contributed by atoms with E-state index in [1.165, 1.54) is 0 Å². The predicted octanol–water partition coefficient (Wildman–Crippen LogP) is 3.59. The minimum absolute atomic E-state index is 0.000411. The second-order valence-corrected chi connectivity index (χ2v) is 8.21. The van der Waals surface area contributed by atoms with Crippen molar-refractivity contribution in [1.29, 1.82) is 0 Å². The molecule has 0 unspecified atom stereocenters. The molecule has 1 saturated carbocycles. The van der Waals surface area contributed by atoms with Crippen LogP contribution in [0.15, 0.2) is 0 Å². The summed E-state index contributed by atoms with van der Waals surface area (Å²) in [4.78, 5) is 2.34. The van der Waals surface area contributed by atoms with Gasteiger partial charge in [0.1, 0.15) is 13.2 Å². The van der Waals surface area contributed by atoms with Crippen molar-refractivity contribution in [3.05, 3.63) is 0 Å². The number of alkyl halides is 2. The van der Waals surface area contributed by atoms with E-state index < -0.39 is 19.1 Å². The van der Waals surface area contributed by atoms with Crippen LogP contribution in [0.3, 0.4) is 0 Å². The Kier molecular flexibility index (Phi) is 8.05. The molecule has 0 N–H and O–H groups in total. The molecular weight excluding hydrogens is 328 g/mol. The molecule has 0 amide bonds. The number of ether oxygens (including phenoxy) is 3. The highest BCUT2D eigenvalue weighted by Crippen LogP contribution is 2.36. The fraction of sp³-hybridized carbons (Fsp3) is 1.00. The molecule has 0 bridgehead atoms. The van der Waals surface area contributed by atoms with E-state index >= 15 is 0 Å². The minimum atomic E-state index is -2.91. The summed E-state index contributed by atoms with van der Waals surface area (Å²) in [6.45, 7) is 10.4. The second-order valence-electron chi connectivity index (χ2n) is 8.21. The van der Waals surface area contributed by atoms with Crippen LogP contribution in [0.2, 0.25) is 0 Å². The van der Waals surface area contributed by atoms with Crippen LogP contribution in [0.25, 0.3) is 0 Å². The van der Waals surface area contributed by atoms with Gasteiger partial charge in [0, 0.05) is 32.3 Å². The number of likely N-dealkylation sites (tertiary alicyclic amines) is 1. The molecule has 0 spiro atoms. The number of hydrogen-bond donors (Lipinski definition) is 0. The van der Waals surface area contributed by atoms with Crippen LogP contribution in [-0.4, -0.2) is 68.6 Å². The van der Waals surface area contributed by atoms with Gasteiger partial charge >= 0.3 is 0 Å². The van der Waals surface area contributed by atoms with E-state index in [1.54, 1.807) is 0 Å². The summed E-state index contributed by atoms with van der Waals surface area (Å²) < 4.78 is 43.6. The summed E-state index contributed by atoms with van der Waals surface area (Å²) >= 11 is 0. The summed E-state index contributed by atoms with van der Waals surface area (Å²) in [7, 11) is 0. The number of nitrogens with zero attached hydrogens (tertiary/aromatic N) is 1. The third-order valence-electron chi connectivity index (χ3n) is 5.31. The van der Waals surface area contributed by atoms with E-state index in [9.17, 15) is 8.78 Å². The van der Waals surface area contributed by atoms with Crippen molar-refractivity contribution in [2.24, 2.45) is 11.8 Å². The molecule has 2 rings (SSSR count). The second kappa shape index (κ2) is 9.58. The molecule has 0 aromatic rings. The quantitative estimate of drug-likeness (QED) is 0.496. The van der Waals surface area contributed by atoms with Crippen molar-refractivity contribution in [1.82, 2.24) is 4.90 Å². The fourth-order valence-corrected chi connectivity index (χ4v) is 3.20. The van der Waals surface area contributed by atoms with E-state index in [-0.39, 0.29) is 12.2 Å². The van der Waals surface area contributed by atoms with Gasteiger partial charge in [0.2, 0.25) is 0 Å². The topological polar surface area (TPSA) is 30.9 Å². The molecule has 1 saturated heterocycles. The SMILES string of the molecule is CC(C)C1CC(OCC(F)(F)COCCCOC2CN(C(C)C)C2)C1. The molecular formula is C19H35F2NO3. The lowest BCUT2D eigenvalue weighted by atomic mass is 9.75. The van der Waals surface area contributed by atoms with Gasteiger partial charge < -0.3 is 14.2 Å². The molecule has 2 aliphatic rings. The van der Waals surface area contributed by atoms with E-state index in [0.717, 1.165) is 25.9 Å². The molecule has 0 aromatic heterocycles. The van der Waals surface area contributed by atoms with Crippen LogP contribution in [0.1, 0.15) is 47.0 Å². The van der Waals surface area contributed by atoms with Crippen LogP contribution in [-0.2, 0) is 14.2 Å². The van der Waals surface area contributed by atoms with Gasteiger partial charge in [-0.25, -0.2) is 8.78 Å². The lowest BCUT2D eigenvalue weighted by Crippen LogP contribution is -2.55. The van der Waals surface area contributed by atoms with E-state index in [0.29, 0.717) is 37.5 Å². The Balaban J connectivity index is 1.42. The van der Waals surface area contributed by atoms with Crippen LogP contribution in [0, 0.1) is 11.8 Å². The van der Waals surface area contributed by atoms with Crippen molar-refractivity contribution in [3.8, 4) is 0 Å². The zero-order valence-corrected chi connectivity index (χ0v) is 16.2. The first kappa shape index (κ1) is 21.0. The molecule has 0 aromatic carbocycles. The summed E-state index contributed by atoms with van der Waals surface area (Å²) in [5.41, 5.74) is 0. The summed E-state index contributed by atoms with van der Waals surface area (Å²) in [5.74, 6) is -1.67. The van der Waals surface area contributed by atoms with Gasteiger partial charge in [-0.15, -0.1) is 0 Å². The fourth-order valence-electron chi connectivity index (χ4n) is 3.20. The number of hydrogen-bond acceptors (Lipinski definition) is 4. The Bertz CT molecular complexity index is 381. The average molecular weight is 363 g/mol. The Morgan fingerprint density at radius 3 is 2.24 bits per heavy atom. The number of rotatable bonds is 12. The molecule has 25 heavy (non-hydrogen) atoms. The lowest BCUT2D eigenvalue weighted by Gasteiger charge is -2.41.